The number of nitrogens with two attached hydrogens (primary N) is 1. The minimum Gasteiger partial charge on any atom is -0.399 e. The third-order valence-corrected chi connectivity index (χ3v) is 2.03. The predicted molar refractivity (Wildman–Crippen MR) is 64.0 cm³/mol. The summed E-state index contributed by atoms with van der Waals surface area (Å²) in [6.07, 6.45) is 0. The molecule has 0 aromatic heterocycles. The third kappa shape index (κ3) is 3.62. The fourth-order valence-electron chi connectivity index (χ4n) is 1.11. The maximum atomic E-state index is 5.65. The Hall–Kier alpha value is -1.29. The number of hydrogen-bond donors (Lipinski definition) is 3. The lowest BCUT2D eigenvalue weighted by Crippen LogP contribution is -2.34. The second-order valence-electron chi connectivity index (χ2n) is 2.96. The first-order valence-corrected chi connectivity index (χ1v) is 4.99. The van der Waals surface area contributed by atoms with Crippen LogP contribution in [0.3, 0.4) is 0 Å². The number of anilines is 1. The number of hydrogen-bond acceptors (Lipinski definition) is 2. The highest BCUT2D eigenvalue weighted by molar-refractivity contribution is 7.80. The second kappa shape index (κ2) is 5.44. The van der Waals surface area contributed by atoms with Crippen molar-refractivity contribution in [2.24, 2.45) is 0 Å². The first-order chi connectivity index (χ1) is 6.72. The lowest BCUT2D eigenvalue weighted by atomic mass is 10.2. The van der Waals surface area contributed by atoms with Crippen LogP contribution in [0, 0.1) is 0 Å². The van der Waals surface area contributed by atoms with E-state index < -0.39 is 0 Å². The Kier molecular flexibility index (Phi) is 4.19. The van der Waals surface area contributed by atoms with Crippen LogP contribution in [0.4, 0.5) is 5.69 Å². The SMILES string of the molecule is CCNC(=S)NCc1cccc(N)c1. The second-order valence-corrected chi connectivity index (χ2v) is 3.37. The van der Waals surface area contributed by atoms with Gasteiger partial charge in [-0.25, -0.2) is 0 Å². The Bertz CT molecular complexity index is 312. The van der Waals surface area contributed by atoms with Crippen molar-refractivity contribution in [2.75, 3.05) is 12.3 Å². The monoisotopic (exact) mass is 209 g/mol. The zero-order valence-electron chi connectivity index (χ0n) is 8.21. The quantitative estimate of drug-likeness (QED) is 0.518. The van der Waals surface area contributed by atoms with Crippen LogP contribution in [-0.2, 0) is 6.54 Å². The number of nitrogens with one attached hydrogen (secondary N) is 2. The Balaban J connectivity index is 2.41. The highest BCUT2D eigenvalue weighted by Crippen LogP contribution is 2.05. The molecule has 4 heteroatoms. The molecule has 0 spiro atoms. The normalized spacial score (nSPS) is 9.50. The summed E-state index contributed by atoms with van der Waals surface area (Å²) in [7, 11) is 0. The summed E-state index contributed by atoms with van der Waals surface area (Å²) in [5.74, 6) is 0. The van der Waals surface area contributed by atoms with Crippen molar-refractivity contribution in [3.8, 4) is 0 Å². The van der Waals surface area contributed by atoms with Crippen molar-refractivity contribution in [2.45, 2.75) is 13.5 Å². The van der Waals surface area contributed by atoms with Crippen molar-refractivity contribution < 1.29 is 0 Å². The van der Waals surface area contributed by atoms with Gasteiger partial charge in [-0.15, -0.1) is 0 Å². The van der Waals surface area contributed by atoms with Gasteiger partial charge in [0.25, 0.3) is 0 Å². The molecule has 1 aromatic carbocycles. The Morgan fingerprint density at radius 2 is 2.21 bits per heavy atom. The van der Waals surface area contributed by atoms with Crippen LogP contribution in [0.15, 0.2) is 24.3 Å². The number of thiocarbonyl (C=S) groups is 1. The fraction of sp³-hybridized carbons (Fsp3) is 0.300. The van der Waals surface area contributed by atoms with E-state index in [1.54, 1.807) is 0 Å². The number of nitrogen functional groups attached to an aromatic ring is 1. The highest BCUT2D eigenvalue weighted by atomic mass is 32.1. The molecule has 0 bridgehead atoms. The van der Waals surface area contributed by atoms with Gasteiger partial charge in [-0.05, 0) is 36.8 Å². The van der Waals surface area contributed by atoms with Gasteiger partial charge in [-0.1, -0.05) is 12.1 Å². The maximum absolute atomic E-state index is 5.65. The summed E-state index contributed by atoms with van der Waals surface area (Å²) in [4.78, 5) is 0. The lowest BCUT2D eigenvalue weighted by molar-refractivity contribution is 0.855. The standard InChI is InChI=1S/C10H15N3S/c1-2-12-10(14)13-7-8-4-3-5-9(11)6-8/h3-6H,2,7,11H2,1H3,(H2,12,13,14). The Morgan fingerprint density at radius 3 is 2.86 bits per heavy atom. The highest BCUT2D eigenvalue weighted by Gasteiger charge is 1.95. The van der Waals surface area contributed by atoms with E-state index in [0.717, 1.165) is 17.8 Å². The first kappa shape index (κ1) is 10.8. The van der Waals surface area contributed by atoms with Gasteiger partial charge in [-0.3, -0.25) is 0 Å². The molecule has 0 fully saturated rings. The number of rotatable bonds is 3. The maximum Gasteiger partial charge on any atom is 0.166 e. The molecule has 0 radical (unpaired) electrons. The van der Waals surface area contributed by atoms with Gasteiger partial charge in [0.1, 0.15) is 0 Å². The van der Waals surface area contributed by atoms with E-state index in [4.69, 9.17) is 18.0 Å². The van der Waals surface area contributed by atoms with Gasteiger partial charge in [0.05, 0.1) is 0 Å². The van der Waals surface area contributed by atoms with Gasteiger partial charge in [-0.2, -0.15) is 0 Å². The van der Waals surface area contributed by atoms with Crippen molar-refractivity contribution in [3.63, 3.8) is 0 Å². The topological polar surface area (TPSA) is 50.1 Å². The smallest absolute Gasteiger partial charge is 0.166 e. The zero-order chi connectivity index (χ0) is 10.4. The number of benzene rings is 1. The van der Waals surface area contributed by atoms with E-state index in [0.29, 0.717) is 11.7 Å². The van der Waals surface area contributed by atoms with Crippen molar-refractivity contribution in [1.82, 2.24) is 10.6 Å². The fourth-order valence-corrected chi connectivity index (χ4v) is 1.32. The first-order valence-electron chi connectivity index (χ1n) is 4.58. The summed E-state index contributed by atoms with van der Waals surface area (Å²) in [6.45, 7) is 3.55. The molecular formula is C10H15N3S. The molecule has 0 heterocycles. The molecular weight excluding hydrogens is 194 g/mol. The molecule has 14 heavy (non-hydrogen) atoms. The van der Waals surface area contributed by atoms with Crippen LogP contribution in [0.5, 0.6) is 0 Å². The van der Waals surface area contributed by atoms with Crippen LogP contribution in [-0.4, -0.2) is 11.7 Å². The van der Waals surface area contributed by atoms with Gasteiger partial charge < -0.3 is 16.4 Å². The molecule has 0 aliphatic rings. The minimum absolute atomic E-state index is 0.676. The molecule has 0 atom stereocenters. The van der Waals surface area contributed by atoms with Crippen LogP contribution in [0.25, 0.3) is 0 Å². The molecule has 3 nitrogen and oxygen atoms in total. The van der Waals surface area contributed by atoms with Crippen molar-refractivity contribution in [3.05, 3.63) is 29.8 Å². The van der Waals surface area contributed by atoms with Gasteiger partial charge in [0.2, 0.25) is 0 Å². The van der Waals surface area contributed by atoms with Crippen LogP contribution < -0.4 is 16.4 Å². The molecule has 0 aliphatic heterocycles. The molecule has 1 aromatic rings. The minimum atomic E-state index is 0.676. The van der Waals surface area contributed by atoms with Crippen LogP contribution in [0.1, 0.15) is 12.5 Å². The molecule has 1 rings (SSSR count). The summed E-state index contributed by atoms with van der Waals surface area (Å²) in [6, 6.07) is 7.74. The Morgan fingerprint density at radius 1 is 1.43 bits per heavy atom. The molecule has 0 saturated heterocycles. The molecule has 0 unspecified atom stereocenters. The summed E-state index contributed by atoms with van der Waals surface area (Å²) < 4.78 is 0. The van der Waals surface area contributed by atoms with E-state index in [1.165, 1.54) is 0 Å². The molecule has 4 N–H and O–H groups in total. The van der Waals surface area contributed by atoms with E-state index in [-0.39, 0.29) is 0 Å². The molecule has 0 saturated carbocycles. The van der Waals surface area contributed by atoms with Crippen molar-refractivity contribution in [1.29, 1.82) is 0 Å². The third-order valence-electron chi connectivity index (χ3n) is 1.74. The molecule has 0 amide bonds. The van der Waals surface area contributed by atoms with Crippen molar-refractivity contribution >= 4 is 23.0 Å². The van der Waals surface area contributed by atoms with Gasteiger partial charge in [0.15, 0.2) is 5.11 Å². The van der Waals surface area contributed by atoms with E-state index in [1.807, 2.05) is 31.2 Å². The average Bonchev–Trinajstić information content (AvgIpc) is 2.15. The van der Waals surface area contributed by atoms with Crippen LogP contribution in [0.2, 0.25) is 0 Å². The van der Waals surface area contributed by atoms with E-state index in [9.17, 15) is 0 Å². The predicted octanol–water partition coefficient (Wildman–Crippen LogP) is 1.25. The molecule has 76 valence electrons. The van der Waals surface area contributed by atoms with E-state index in [2.05, 4.69) is 10.6 Å². The van der Waals surface area contributed by atoms with Gasteiger partial charge >= 0.3 is 0 Å². The van der Waals surface area contributed by atoms with E-state index >= 15 is 0 Å². The van der Waals surface area contributed by atoms with Crippen LogP contribution >= 0.6 is 12.2 Å². The molecule has 0 aliphatic carbocycles. The Labute approximate surface area is 89.7 Å². The zero-order valence-corrected chi connectivity index (χ0v) is 9.03. The van der Waals surface area contributed by atoms with Gasteiger partial charge in [0, 0.05) is 18.8 Å². The summed E-state index contributed by atoms with van der Waals surface area (Å²) >= 11 is 5.03. The average molecular weight is 209 g/mol. The lowest BCUT2D eigenvalue weighted by Gasteiger charge is -2.08. The summed E-state index contributed by atoms with van der Waals surface area (Å²) in [5.41, 5.74) is 7.55. The summed E-state index contributed by atoms with van der Waals surface area (Å²) in [5, 5.41) is 6.79. The largest absolute Gasteiger partial charge is 0.399 e.